The number of carbonyl (C=O) groups is 2. The Labute approximate surface area is 255 Å². The van der Waals surface area contributed by atoms with Crippen LogP contribution >= 0.6 is 23.2 Å². The number of non-ortho nitro benzene ring substituents is 1. The third kappa shape index (κ3) is 7.99. The number of hydrogen-bond donors (Lipinski definition) is 1. The molecule has 0 saturated carbocycles. The molecule has 42 heavy (non-hydrogen) atoms. The van der Waals surface area contributed by atoms with Crippen LogP contribution in [0.1, 0.15) is 32.8 Å². The molecule has 10 nitrogen and oxygen atoms in total. The largest absolute Gasteiger partial charge is 0.354 e. The van der Waals surface area contributed by atoms with Crippen LogP contribution in [-0.4, -0.2) is 49.2 Å². The summed E-state index contributed by atoms with van der Waals surface area (Å²) >= 11 is 12.8. The minimum absolute atomic E-state index is 0.0885. The van der Waals surface area contributed by atoms with Gasteiger partial charge in [0.15, 0.2) is 0 Å². The van der Waals surface area contributed by atoms with Gasteiger partial charge in [-0.05, 0) is 42.7 Å². The monoisotopic (exact) mass is 634 g/mol. The number of sulfonamides is 1. The van der Waals surface area contributed by atoms with Gasteiger partial charge in [-0.15, -0.1) is 0 Å². The molecule has 0 radical (unpaired) electrons. The molecule has 3 aromatic carbocycles. The Kier molecular flexibility index (Phi) is 11.3. The quantitative estimate of drug-likeness (QED) is 0.190. The van der Waals surface area contributed by atoms with Crippen molar-refractivity contribution in [2.24, 2.45) is 5.92 Å². The van der Waals surface area contributed by atoms with Crippen LogP contribution in [0.15, 0.2) is 77.7 Å². The van der Waals surface area contributed by atoms with Gasteiger partial charge < -0.3 is 10.2 Å². The highest BCUT2D eigenvalue weighted by molar-refractivity contribution is 7.92. The summed E-state index contributed by atoms with van der Waals surface area (Å²) < 4.78 is 28.5. The Morgan fingerprint density at radius 3 is 2.17 bits per heavy atom. The average Bonchev–Trinajstić information content (AvgIpc) is 2.96. The summed E-state index contributed by atoms with van der Waals surface area (Å²) in [5.41, 5.74) is -0.0565. The third-order valence-electron chi connectivity index (χ3n) is 6.40. The third-order valence-corrected chi connectivity index (χ3v) is 8.90. The zero-order valence-electron chi connectivity index (χ0n) is 23.4. The fourth-order valence-corrected chi connectivity index (χ4v) is 6.15. The van der Waals surface area contributed by atoms with Crippen molar-refractivity contribution in [2.75, 3.05) is 17.4 Å². The molecule has 13 heteroatoms. The Hall–Kier alpha value is -3.67. The van der Waals surface area contributed by atoms with Crippen molar-refractivity contribution in [3.05, 3.63) is 98.5 Å². The molecule has 0 aromatic heterocycles. The van der Waals surface area contributed by atoms with Crippen LogP contribution < -0.4 is 9.62 Å². The first-order valence-electron chi connectivity index (χ1n) is 13.2. The molecule has 0 saturated heterocycles. The fourth-order valence-electron chi connectivity index (χ4n) is 4.21. The lowest BCUT2D eigenvalue weighted by atomic mass is 10.1. The van der Waals surface area contributed by atoms with E-state index in [1.54, 1.807) is 31.2 Å². The number of halogens is 2. The molecule has 224 valence electrons. The number of nitro groups is 1. The lowest BCUT2D eigenvalue weighted by Gasteiger charge is -2.33. The SMILES string of the molecule is CC[C@H](C(=O)NCC(C)C)N(Cc1c(Cl)cccc1Cl)C(=O)CN(c1cccc([N+](=O)[O-])c1)S(=O)(=O)c1ccccc1. The number of hydrogen-bond acceptors (Lipinski definition) is 6. The van der Waals surface area contributed by atoms with E-state index >= 15 is 0 Å². The van der Waals surface area contributed by atoms with Gasteiger partial charge in [0.05, 0.1) is 15.5 Å². The second-order valence-electron chi connectivity index (χ2n) is 9.89. The first-order chi connectivity index (χ1) is 19.9. The van der Waals surface area contributed by atoms with E-state index in [2.05, 4.69) is 5.32 Å². The van der Waals surface area contributed by atoms with Crippen LogP contribution in [0, 0.1) is 16.0 Å². The maximum Gasteiger partial charge on any atom is 0.271 e. The molecule has 0 fully saturated rings. The van der Waals surface area contributed by atoms with Crippen molar-refractivity contribution < 1.29 is 22.9 Å². The molecule has 3 rings (SSSR count). The first-order valence-corrected chi connectivity index (χ1v) is 15.4. The number of amides is 2. The lowest BCUT2D eigenvalue weighted by Crippen LogP contribution is -2.52. The van der Waals surface area contributed by atoms with Crippen molar-refractivity contribution in [1.29, 1.82) is 0 Å². The number of nitrogens with zero attached hydrogens (tertiary/aromatic N) is 3. The van der Waals surface area contributed by atoms with Crippen LogP contribution in [-0.2, 0) is 26.2 Å². The Bertz CT molecular complexity index is 1520. The predicted octanol–water partition coefficient (Wildman–Crippen LogP) is 5.68. The highest BCUT2D eigenvalue weighted by Gasteiger charge is 2.34. The van der Waals surface area contributed by atoms with E-state index < -0.39 is 39.3 Å². The molecule has 1 atom stereocenters. The molecule has 0 bridgehead atoms. The van der Waals surface area contributed by atoms with E-state index in [0.717, 1.165) is 10.4 Å². The number of anilines is 1. The summed E-state index contributed by atoms with van der Waals surface area (Å²) in [6.07, 6.45) is 0.208. The predicted molar refractivity (Wildman–Crippen MR) is 163 cm³/mol. The number of benzene rings is 3. The van der Waals surface area contributed by atoms with Gasteiger partial charge in [-0.1, -0.05) is 74.3 Å². The smallest absolute Gasteiger partial charge is 0.271 e. The molecule has 1 N–H and O–H groups in total. The molecule has 0 spiro atoms. The summed E-state index contributed by atoms with van der Waals surface area (Å²) in [7, 11) is -4.38. The van der Waals surface area contributed by atoms with Gasteiger partial charge in [0.25, 0.3) is 15.7 Å². The zero-order chi connectivity index (χ0) is 31.0. The Morgan fingerprint density at radius 2 is 1.60 bits per heavy atom. The summed E-state index contributed by atoms with van der Waals surface area (Å²) in [6.45, 7) is 5.02. The van der Waals surface area contributed by atoms with Crippen molar-refractivity contribution in [2.45, 2.75) is 44.7 Å². The number of nitro benzene ring substituents is 1. The number of nitrogens with one attached hydrogen (secondary N) is 1. The van der Waals surface area contributed by atoms with Crippen molar-refractivity contribution in [1.82, 2.24) is 10.2 Å². The molecule has 0 aliphatic carbocycles. The van der Waals surface area contributed by atoms with E-state index in [0.29, 0.717) is 12.1 Å². The maximum absolute atomic E-state index is 14.1. The van der Waals surface area contributed by atoms with E-state index in [-0.39, 0.29) is 45.2 Å². The van der Waals surface area contributed by atoms with Gasteiger partial charge in [0, 0.05) is 40.8 Å². The second kappa shape index (κ2) is 14.5. The molecule has 0 heterocycles. The van der Waals surface area contributed by atoms with Crippen molar-refractivity contribution in [3.8, 4) is 0 Å². The van der Waals surface area contributed by atoms with Gasteiger partial charge in [0.1, 0.15) is 12.6 Å². The molecule has 0 aliphatic heterocycles. The average molecular weight is 636 g/mol. The minimum atomic E-state index is -4.38. The molecular weight excluding hydrogens is 603 g/mol. The molecule has 0 unspecified atom stereocenters. The van der Waals surface area contributed by atoms with Crippen LogP contribution in [0.25, 0.3) is 0 Å². The maximum atomic E-state index is 14.1. The normalized spacial score (nSPS) is 12.0. The lowest BCUT2D eigenvalue weighted by molar-refractivity contribution is -0.384. The topological polar surface area (TPSA) is 130 Å². The van der Waals surface area contributed by atoms with Crippen molar-refractivity contribution >= 4 is 56.4 Å². The minimum Gasteiger partial charge on any atom is -0.354 e. The van der Waals surface area contributed by atoms with E-state index in [1.165, 1.54) is 47.4 Å². The highest BCUT2D eigenvalue weighted by Crippen LogP contribution is 2.30. The molecule has 2 amide bonds. The second-order valence-corrected chi connectivity index (χ2v) is 12.6. The van der Waals surface area contributed by atoms with Gasteiger partial charge in [-0.3, -0.25) is 24.0 Å². The van der Waals surface area contributed by atoms with Gasteiger partial charge in [0.2, 0.25) is 11.8 Å². The van der Waals surface area contributed by atoms with Crippen LogP contribution in [0.3, 0.4) is 0 Å². The summed E-state index contributed by atoms with van der Waals surface area (Å²) in [5.74, 6) is -1.01. The summed E-state index contributed by atoms with van der Waals surface area (Å²) in [6, 6.07) is 16.3. The van der Waals surface area contributed by atoms with E-state index in [9.17, 15) is 28.1 Å². The zero-order valence-corrected chi connectivity index (χ0v) is 25.7. The molecular formula is C29H32Cl2N4O6S. The summed E-state index contributed by atoms with van der Waals surface area (Å²) in [4.78, 5) is 39.4. The van der Waals surface area contributed by atoms with E-state index in [4.69, 9.17) is 23.2 Å². The number of rotatable bonds is 13. The molecule has 3 aromatic rings. The Morgan fingerprint density at radius 1 is 0.976 bits per heavy atom. The van der Waals surface area contributed by atoms with Crippen LogP contribution in [0.5, 0.6) is 0 Å². The van der Waals surface area contributed by atoms with Crippen LogP contribution in [0.2, 0.25) is 10.0 Å². The molecule has 0 aliphatic rings. The Balaban J connectivity index is 2.12. The summed E-state index contributed by atoms with van der Waals surface area (Å²) in [5, 5.41) is 14.9. The van der Waals surface area contributed by atoms with Gasteiger partial charge in [-0.25, -0.2) is 8.42 Å². The fraction of sp³-hybridized carbons (Fsp3) is 0.310. The number of carbonyl (C=O) groups excluding carboxylic acids is 2. The standard InChI is InChI=1S/C29H32Cl2N4O6S/c1-4-27(29(37)32-17-20(2)3)33(18-24-25(30)14-9-15-26(24)31)28(36)19-34(21-10-8-11-22(16-21)35(38)39)42(40,41)23-12-6-5-7-13-23/h5-16,20,27H,4,17-19H2,1-3H3,(H,32,37)/t27-/m1/s1. The van der Waals surface area contributed by atoms with Gasteiger partial charge in [-0.2, -0.15) is 0 Å². The highest BCUT2D eigenvalue weighted by atomic mass is 35.5. The van der Waals surface area contributed by atoms with Crippen molar-refractivity contribution in [3.63, 3.8) is 0 Å². The van der Waals surface area contributed by atoms with E-state index in [1.807, 2.05) is 13.8 Å². The van der Waals surface area contributed by atoms with Gasteiger partial charge >= 0.3 is 0 Å². The van der Waals surface area contributed by atoms with Crippen LogP contribution in [0.4, 0.5) is 11.4 Å². The first kappa shape index (κ1) is 32.8.